The van der Waals surface area contributed by atoms with E-state index in [0.717, 1.165) is 34.6 Å². The fraction of sp³-hybridized carbons (Fsp3) is 0.339. The average Bonchev–Trinajstić information content (AvgIpc) is 3.78. The summed E-state index contributed by atoms with van der Waals surface area (Å²) >= 11 is 0. The molecule has 0 aliphatic carbocycles. The predicted molar refractivity (Wildman–Crippen MR) is 258 cm³/mol. The molecule has 2 aliphatic rings. The van der Waals surface area contributed by atoms with Gasteiger partial charge in [-0.3, -0.25) is 19.2 Å². The molecule has 0 bridgehead atoms. The Morgan fingerprint density at radius 1 is 0.757 bits per heavy atom. The molecule has 2 heterocycles. The summed E-state index contributed by atoms with van der Waals surface area (Å²) in [6.45, 7) is 2.92. The van der Waals surface area contributed by atoms with Crippen molar-refractivity contribution in [2.45, 2.75) is 89.2 Å². The number of aliphatic hydroxyl groups is 1. The van der Waals surface area contributed by atoms with E-state index < -0.39 is 78.3 Å². The number of nitrogens with zero attached hydrogens (tertiary/aromatic N) is 1. The quantitative estimate of drug-likeness (QED) is 0.0383. The summed E-state index contributed by atoms with van der Waals surface area (Å²) < 4.78 is 42.5. The second-order valence-corrected chi connectivity index (χ2v) is 17.2. The summed E-state index contributed by atoms with van der Waals surface area (Å²) in [5, 5.41) is 10.5. The van der Waals surface area contributed by atoms with Crippen LogP contribution in [0.25, 0.3) is 5.57 Å². The van der Waals surface area contributed by atoms with Crippen molar-refractivity contribution in [3.63, 3.8) is 0 Å². The molecule has 70 heavy (non-hydrogen) atoms. The molecule has 8 atom stereocenters. The third kappa shape index (κ3) is 13.4. The molecule has 0 saturated carbocycles. The number of methoxy groups -OCH3 is 1. The minimum Gasteiger partial charge on any atom is -0.453 e. The first kappa shape index (κ1) is 51.2. The number of amides is 2. The van der Waals surface area contributed by atoms with Crippen LogP contribution in [0.15, 0.2) is 152 Å². The fourth-order valence-electron chi connectivity index (χ4n) is 8.74. The van der Waals surface area contributed by atoms with Gasteiger partial charge in [-0.1, -0.05) is 151 Å². The number of imide groups is 1. The molecule has 0 radical (unpaired) electrons. The molecule has 14 nitrogen and oxygen atoms in total. The van der Waals surface area contributed by atoms with Gasteiger partial charge in [0.05, 0.1) is 25.7 Å². The number of hydrogen-bond acceptors (Lipinski definition) is 13. The van der Waals surface area contributed by atoms with Gasteiger partial charge in [0.1, 0.15) is 37.1 Å². The summed E-state index contributed by atoms with van der Waals surface area (Å²) in [4.78, 5) is 71.2. The number of cyclic esters (lactones) is 1. The first-order valence-electron chi connectivity index (χ1n) is 23.4. The lowest BCUT2D eigenvalue weighted by molar-refractivity contribution is -0.319. The second-order valence-electron chi connectivity index (χ2n) is 17.2. The van der Waals surface area contributed by atoms with Crippen molar-refractivity contribution in [1.29, 1.82) is 0 Å². The highest BCUT2D eigenvalue weighted by molar-refractivity contribution is 6.25. The molecule has 2 amide bonds. The first-order valence-corrected chi connectivity index (χ1v) is 23.4. The van der Waals surface area contributed by atoms with Gasteiger partial charge in [-0.15, -0.1) is 0 Å². The summed E-state index contributed by atoms with van der Waals surface area (Å²) in [6, 6.07) is 43.2. The number of allylic oxidation sites excluding steroid dienone is 1. The Kier molecular flexibility index (Phi) is 18.5. The molecule has 2 saturated heterocycles. The van der Waals surface area contributed by atoms with E-state index >= 15 is 0 Å². The van der Waals surface area contributed by atoms with E-state index in [1.54, 1.807) is 78.9 Å². The molecular weight excluding hydrogens is 895 g/mol. The Balaban J connectivity index is 1.14. The van der Waals surface area contributed by atoms with Crippen molar-refractivity contribution >= 4 is 35.1 Å². The number of ketones is 2. The van der Waals surface area contributed by atoms with E-state index in [1.807, 2.05) is 73.7 Å². The number of aryl methyl sites for hydroxylation is 1. The monoisotopic (exact) mass is 953 g/mol. The van der Waals surface area contributed by atoms with Gasteiger partial charge in [-0.25, -0.2) is 9.69 Å². The van der Waals surface area contributed by atoms with Crippen molar-refractivity contribution in [3.8, 4) is 0 Å². The maximum Gasteiger partial charge on any atom is 0.417 e. The molecule has 5 aromatic rings. The SMILES string of the molecule is COC1OC(CO)C(OCc2ccccc2)C(OCc2ccccc2)C1OCCCC(=O)C(=CC(=O)C(OC(C)=O)C(Cc1ccccc1)C(=O)N1C(=O)OCC1c1ccccc1)c1cccc(C)c1. The highest BCUT2D eigenvalue weighted by Crippen LogP contribution is 2.34. The van der Waals surface area contributed by atoms with E-state index in [4.69, 9.17) is 33.2 Å². The lowest BCUT2D eigenvalue weighted by Crippen LogP contribution is -2.61. The topological polar surface area (TPSA) is 173 Å². The molecule has 8 unspecified atom stereocenters. The van der Waals surface area contributed by atoms with Crippen molar-refractivity contribution < 1.29 is 62.2 Å². The minimum atomic E-state index is -1.74. The zero-order valence-electron chi connectivity index (χ0n) is 39.5. The molecule has 2 aliphatic heterocycles. The van der Waals surface area contributed by atoms with Gasteiger partial charge in [0, 0.05) is 32.6 Å². The summed E-state index contributed by atoms with van der Waals surface area (Å²) in [6.07, 6.45) is -5.73. The number of esters is 1. The number of hydrogen-bond donors (Lipinski definition) is 1. The lowest BCUT2D eigenvalue weighted by atomic mass is 9.87. The summed E-state index contributed by atoms with van der Waals surface area (Å²) in [7, 11) is 1.47. The normalized spacial score (nSPS) is 21.1. The third-order valence-electron chi connectivity index (χ3n) is 12.2. The van der Waals surface area contributed by atoms with E-state index in [9.17, 15) is 29.1 Å². The van der Waals surface area contributed by atoms with Gasteiger partial charge in [0.25, 0.3) is 0 Å². The smallest absolute Gasteiger partial charge is 0.417 e. The molecule has 366 valence electrons. The van der Waals surface area contributed by atoms with E-state index in [0.29, 0.717) is 16.7 Å². The molecule has 7 rings (SSSR count). The van der Waals surface area contributed by atoms with Crippen molar-refractivity contribution in [1.82, 2.24) is 4.90 Å². The summed E-state index contributed by atoms with van der Waals surface area (Å²) in [5.41, 5.74) is 4.37. The van der Waals surface area contributed by atoms with Crippen LogP contribution in [0.1, 0.15) is 59.2 Å². The van der Waals surface area contributed by atoms with Crippen LogP contribution in [-0.2, 0) is 72.0 Å². The van der Waals surface area contributed by atoms with Crippen molar-refractivity contribution in [2.75, 3.05) is 26.9 Å². The number of rotatable bonds is 23. The van der Waals surface area contributed by atoms with Gasteiger partial charge in [0.15, 0.2) is 24.0 Å². The van der Waals surface area contributed by atoms with Crippen LogP contribution in [0.5, 0.6) is 0 Å². The molecule has 2 fully saturated rings. The number of ether oxygens (including phenoxy) is 7. The Hall–Kier alpha value is -6.65. The third-order valence-corrected chi connectivity index (χ3v) is 12.2. The zero-order valence-corrected chi connectivity index (χ0v) is 39.5. The Morgan fingerprint density at radius 2 is 1.36 bits per heavy atom. The minimum absolute atomic E-state index is 0.0211. The van der Waals surface area contributed by atoms with Crippen LogP contribution in [0.2, 0.25) is 0 Å². The number of benzene rings is 5. The lowest BCUT2D eigenvalue weighted by Gasteiger charge is -2.45. The van der Waals surface area contributed by atoms with Gasteiger partial charge in [-0.05, 0) is 53.7 Å². The van der Waals surface area contributed by atoms with E-state index in [-0.39, 0.29) is 57.9 Å². The first-order chi connectivity index (χ1) is 34.0. The molecule has 0 aromatic heterocycles. The predicted octanol–water partition coefficient (Wildman–Crippen LogP) is 7.73. The Labute approximate surface area is 408 Å². The number of Topliss-reactive ketones (excluding diaryl/α,β-unsaturated/α-hetero) is 1. The molecular formula is C56H59NO13. The largest absolute Gasteiger partial charge is 0.453 e. The summed E-state index contributed by atoms with van der Waals surface area (Å²) in [5.74, 6) is -4.27. The number of aliphatic hydroxyl groups excluding tert-OH is 1. The van der Waals surface area contributed by atoms with E-state index in [1.165, 1.54) is 7.11 Å². The van der Waals surface area contributed by atoms with Crippen LogP contribution in [0, 0.1) is 12.8 Å². The Bertz CT molecular complexity index is 2540. The number of carbonyl (C=O) groups excluding carboxylic acids is 5. The van der Waals surface area contributed by atoms with Crippen LogP contribution >= 0.6 is 0 Å². The van der Waals surface area contributed by atoms with Gasteiger partial charge in [-0.2, -0.15) is 0 Å². The van der Waals surface area contributed by atoms with Gasteiger partial charge in [0.2, 0.25) is 5.91 Å². The Morgan fingerprint density at radius 3 is 1.94 bits per heavy atom. The standard InChI is InChI=1S/C56H59NO13/c1-37-18-16-27-43(30-37)44(32-48(61)50(69-38(2)59)45(31-39-19-8-4-9-20-39)54(62)57-46(36-68-56(57)63)42-25-14-7-15-26-42)47(60)28-17-29-65-53-52(67-35-41-23-12-6-13-24-41)51(49(33-58)70-55(53)64-3)66-34-40-21-10-5-11-22-40/h4-16,18-27,30,32,45-46,49-53,55,58H,17,28-29,31,33-36H2,1-3H3. The highest BCUT2D eigenvalue weighted by Gasteiger charge is 2.49. The molecule has 14 heteroatoms. The van der Waals surface area contributed by atoms with Crippen molar-refractivity contribution in [3.05, 3.63) is 185 Å². The van der Waals surface area contributed by atoms with Crippen LogP contribution in [0.3, 0.4) is 0 Å². The molecule has 5 aromatic carbocycles. The van der Waals surface area contributed by atoms with Crippen LogP contribution in [-0.4, -0.2) is 103 Å². The maximum absolute atomic E-state index is 14.8. The van der Waals surface area contributed by atoms with E-state index in [2.05, 4.69) is 0 Å². The van der Waals surface area contributed by atoms with Gasteiger partial charge >= 0.3 is 12.1 Å². The van der Waals surface area contributed by atoms with Crippen LogP contribution in [0.4, 0.5) is 4.79 Å². The maximum atomic E-state index is 14.8. The van der Waals surface area contributed by atoms with Gasteiger partial charge < -0.3 is 38.3 Å². The molecule has 1 N–H and O–H groups in total. The van der Waals surface area contributed by atoms with Crippen LogP contribution < -0.4 is 0 Å². The zero-order chi connectivity index (χ0) is 49.4. The number of carbonyl (C=O) groups is 5. The van der Waals surface area contributed by atoms with Crippen molar-refractivity contribution in [2.24, 2.45) is 5.92 Å². The average molecular weight is 954 g/mol. The second kappa shape index (κ2) is 25.3. The molecule has 0 spiro atoms. The fourth-order valence-corrected chi connectivity index (χ4v) is 8.74. The highest BCUT2D eigenvalue weighted by atomic mass is 16.7.